The number of anilines is 1. The predicted octanol–water partition coefficient (Wildman–Crippen LogP) is 3.71. The Labute approximate surface area is 156 Å². The molecule has 1 aliphatic rings. The normalized spacial score (nSPS) is 18.1. The first-order valence-electron chi connectivity index (χ1n) is 9.24. The summed E-state index contributed by atoms with van der Waals surface area (Å²) >= 11 is 0. The Morgan fingerprint density at radius 3 is 2.73 bits per heavy atom. The molecule has 2 aromatic rings. The number of likely N-dealkylation sites (N-methyl/N-ethyl adjacent to an activating group) is 1. The predicted molar refractivity (Wildman–Crippen MR) is 108 cm³/mol. The van der Waals surface area contributed by atoms with Gasteiger partial charge in [-0.15, -0.1) is 0 Å². The van der Waals surface area contributed by atoms with Crippen LogP contribution >= 0.6 is 0 Å². The van der Waals surface area contributed by atoms with Gasteiger partial charge in [-0.05, 0) is 55.3 Å². The third-order valence-corrected chi connectivity index (χ3v) is 5.07. The van der Waals surface area contributed by atoms with Crippen molar-refractivity contribution in [3.8, 4) is 0 Å². The van der Waals surface area contributed by atoms with Crippen molar-refractivity contribution >= 4 is 11.6 Å². The Morgan fingerprint density at radius 2 is 1.96 bits per heavy atom. The molecule has 1 atom stereocenters. The van der Waals surface area contributed by atoms with Crippen LogP contribution in [0.4, 0.5) is 5.69 Å². The van der Waals surface area contributed by atoms with Gasteiger partial charge >= 0.3 is 0 Å². The highest BCUT2D eigenvalue weighted by Gasteiger charge is 2.35. The first-order valence-corrected chi connectivity index (χ1v) is 9.24. The maximum absolute atomic E-state index is 12.5. The summed E-state index contributed by atoms with van der Waals surface area (Å²) in [5, 5.41) is 6.69. The lowest BCUT2D eigenvalue weighted by molar-refractivity contribution is 0.0951. The smallest absolute Gasteiger partial charge is 0.251 e. The summed E-state index contributed by atoms with van der Waals surface area (Å²) in [5.41, 5.74) is 4.49. The molecule has 3 rings (SSSR count). The molecule has 0 aliphatic carbocycles. The van der Waals surface area contributed by atoms with Gasteiger partial charge in [-0.3, -0.25) is 4.79 Å². The fourth-order valence-corrected chi connectivity index (χ4v) is 3.65. The lowest BCUT2D eigenvalue weighted by Crippen LogP contribution is -2.35. The van der Waals surface area contributed by atoms with Crippen molar-refractivity contribution in [2.24, 2.45) is 5.41 Å². The minimum absolute atomic E-state index is 0.0114. The number of carbonyl (C=O) groups is 1. The van der Waals surface area contributed by atoms with Gasteiger partial charge in [0, 0.05) is 24.3 Å². The molecule has 0 aromatic heterocycles. The zero-order chi connectivity index (χ0) is 18.7. The SMILES string of the molecule is CN(C)CCNC(=O)c1cccc(C2Nc3ccccc3CC2(C)C)c1. The first-order chi connectivity index (χ1) is 12.4. The molecule has 0 saturated heterocycles. The van der Waals surface area contributed by atoms with Crippen molar-refractivity contribution in [1.82, 2.24) is 10.2 Å². The molecule has 26 heavy (non-hydrogen) atoms. The minimum Gasteiger partial charge on any atom is -0.377 e. The quantitative estimate of drug-likeness (QED) is 0.863. The molecule has 2 aromatic carbocycles. The van der Waals surface area contributed by atoms with Crippen molar-refractivity contribution in [3.05, 3.63) is 65.2 Å². The maximum Gasteiger partial charge on any atom is 0.251 e. The highest BCUT2D eigenvalue weighted by molar-refractivity contribution is 5.94. The van der Waals surface area contributed by atoms with E-state index in [4.69, 9.17) is 0 Å². The largest absolute Gasteiger partial charge is 0.377 e. The van der Waals surface area contributed by atoms with Gasteiger partial charge in [-0.1, -0.05) is 44.2 Å². The van der Waals surface area contributed by atoms with Crippen molar-refractivity contribution in [1.29, 1.82) is 0 Å². The fraction of sp³-hybridized carbons (Fsp3) is 0.409. The summed E-state index contributed by atoms with van der Waals surface area (Å²) in [6, 6.07) is 16.7. The molecule has 1 amide bonds. The van der Waals surface area contributed by atoms with Gasteiger partial charge in [0.1, 0.15) is 0 Å². The van der Waals surface area contributed by atoms with E-state index in [1.807, 2.05) is 32.3 Å². The van der Waals surface area contributed by atoms with Gasteiger partial charge in [0.2, 0.25) is 0 Å². The summed E-state index contributed by atoms with van der Waals surface area (Å²) in [7, 11) is 4.00. The van der Waals surface area contributed by atoms with Crippen LogP contribution in [0.1, 0.15) is 41.4 Å². The maximum atomic E-state index is 12.5. The van der Waals surface area contributed by atoms with Gasteiger partial charge < -0.3 is 15.5 Å². The zero-order valence-corrected chi connectivity index (χ0v) is 16.2. The fourth-order valence-electron chi connectivity index (χ4n) is 3.65. The summed E-state index contributed by atoms with van der Waals surface area (Å²) in [4.78, 5) is 14.5. The molecule has 1 heterocycles. The van der Waals surface area contributed by atoms with Crippen LogP contribution in [-0.4, -0.2) is 38.0 Å². The molecule has 4 nitrogen and oxygen atoms in total. The third kappa shape index (κ3) is 4.07. The summed E-state index contributed by atoms with van der Waals surface area (Å²) < 4.78 is 0. The Balaban J connectivity index is 1.80. The van der Waals surface area contributed by atoms with Crippen LogP contribution in [0.15, 0.2) is 48.5 Å². The van der Waals surface area contributed by atoms with Crippen molar-refractivity contribution in [2.45, 2.75) is 26.3 Å². The molecular weight excluding hydrogens is 322 g/mol. The number of carbonyl (C=O) groups excluding carboxylic acids is 1. The number of nitrogens with one attached hydrogen (secondary N) is 2. The van der Waals surface area contributed by atoms with E-state index in [-0.39, 0.29) is 17.4 Å². The molecule has 1 aliphatic heterocycles. The second-order valence-electron chi connectivity index (χ2n) is 8.08. The number of amides is 1. The van der Waals surface area contributed by atoms with E-state index in [1.54, 1.807) is 0 Å². The number of hydrogen-bond donors (Lipinski definition) is 2. The van der Waals surface area contributed by atoms with Crippen molar-refractivity contribution in [2.75, 3.05) is 32.5 Å². The van der Waals surface area contributed by atoms with E-state index in [0.717, 1.165) is 24.1 Å². The summed E-state index contributed by atoms with van der Waals surface area (Å²) in [6.45, 7) is 6.05. The minimum atomic E-state index is -0.0114. The van der Waals surface area contributed by atoms with Gasteiger partial charge in [-0.2, -0.15) is 0 Å². The molecule has 0 fully saturated rings. The third-order valence-electron chi connectivity index (χ3n) is 5.07. The zero-order valence-electron chi connectivity index (χ0n) is 16.2. The molecule has 0 bridgehead atoms. The highest BCUT2D eigenvalue weighted by Crippen LogP contribution is 2.44. The average molecular weight is 351 g/mol. The van der Waals surface area contributed by atoms with Crippen molar-refractivity contribution in [3.63, 3.8) is 0 Å². The molecule has 138 valence electrons. The van der Waals surface area contributed by atoms with E-state index in [2.05, 4.69) is 59.7 Å². The Morgan fingerprint density at radius 1 is 1.19 bits per heavy atom. The molecule has 0 saturated carbocycles. The van der Waals surface area contributed by atoms with Crippen LogP contribution in [0.3, 0.4) is 0 Å². The molecule has 2 N–H and O–H groups in total. The van der Waals surface area contributed by atoms with Crippen LogP contribution in [0, 0.1) is 5.41 Å². The number of nitrogens with zero attached hydrogens (tertiary/aromatic N) is 1. The van der Waals surface area contributed by atoms with E-state index in [1.165, 1.54) is 11.3 Å². The number of para-hydroxylation sites is 1. The monoisotopic (exact) mass is 351 g/mol. The van der Waals surface area contributed by atoms with Gasteiger partial charge in [-0.25, -0.2) is 0 Å². The van der Waals surface area contributed by atoms with Gasteiger partial charge in [0.05, 0.1) is 6.04 Å². The van der Waals surface area contributed by atoms with E-state index in [0.29, 0.717) is 6.54 Å². The topological polar surface area (TPSA) is 44.4 Å². The number of fused-ring (bicyclic) bond motifs is 1. The van der Waals surface area contributed by atoms with Crippen LogP contribution in [0.25, 0.3) is 0 Å². The van der Waals surface area contributed by atoms with Crippen LogP contribution in [-0.2, 0) is 6.42 Å². The molecule has 4 heteroatoms. The Hall–Kier alpha value is -2.33. The number of rotatable bonds is 5. The molecular formula is C22H29N3O. The second kappa shape index (κ2) is 7.50. The van der Waals surface area contributed by atoms with Gasteiger partial charge in [0.15, 0.2) is 0 Å². The molecule has 0 radical (unpaired) electrons. The first kappa shape index (κ1) is 18.5. The number of hydrogen-bond acceptors (Lipinski definition) is 3. The Bertz CT molecular complexity index is 782. The lowest BCUT2D eigenvalue weighted by atomic mass is 9.73. The van der Waals surface area contributed by atoms with E-state index >= 15 is 0 Å². The summed E-state index contributed by atoms with van der Waals surface area (Å²) in [5.74, 6) is -0.0114. The lowest BCUT2D eigenvalue weighted by Gasteiger charge is -2.41. The molecule has 1 unspecified atom stereocenters. The second-order valence-corrected chi connectivity index (χ2v) is 8.08. The number of benzene rings is 2. The van der Waals surface area contributed by atoms with Crippen LogP contribution < -0.4 is 10.6 Å². The van der Waals surface area contributed by atoms with Gasteiger partial charge in [0.25, 0.3) is 5.91 Å². The summed E-state index contributed by atoms with van der Waals surface area (Å²) in [6.07, 6.45) is 1.01. The highest BCUT2D eigenvalue weighted by atomic mass is 16.1. The Kier molecular flexibility index (Phi) is 5.33. The van der Waals surface area contributed by atoms with Crippen LogP contribution in [0.5, 0.6) is 0 Å². The van der Waals surface area contributed by atoms with E-state index < -0.39 is 0 Å². The standard InChI is InChI=1S/C22H29N3O/c1-22(2)15-18-8-5-6-11-19(18)24-20(22)16-9-7-10-17(14-16)21(26)23-12-13-25(3)4/h5-11,14,20,24H,12-13,15H2,1-4H3,(H,23,26). The van der Waals surface area contributed by atoms with E-state index in [9.17, 15) is 4.79 Å². The van der Waals surface area contributed by atoms with Crippen molar-refractivity contribution < 1.29 is 4.79 Å². The van der Waals surface area contributed by atoms with Crippen LogP contribution in [0.2, 0.25) is 0 Å². The molecule has 0 spiro atoms. The average Bonchev–Trinajstić information content (AvgIpc) is 2.60.